The quantitative estimate of drug-likeness (QED) is 0.900. The van der Waals surface area contributed by atoms with Gasteiger partial charge in [0.05, 0.1) is 23.2 Å². The van der Waals surface area contributed by atoms with E-state index in [0.29, 0.717) is 5.56 Å². The number of amides is 2. The van der Waals surface area contributed by atoms with E-state index in [-0.39, 0.29) is 12.1 Å². The minimum atomic E-state index is -0.544. The van der Waals surface area contributed by atoms with Crippen LogP contribution in [0.2, 0.25) is 0 Å². The Kier molecular flexibility index (Phi) is 5.02. The molecular formula is C17H20N4OS. The Bertz CT molecular complexity index is 745. The van der Waals surface area contributed by atoms with E-state index >= 15 is 0 Å². The number of nitrogens with one attached hydrogen (secondary N) is 2. The van der Waals surface area contributed by atoms with E-state index < -0.39 is 5.54 Å². The first-order valence-electron chi connectivity index (χ1n) is 7.33. The van der Waals surface area contributed by atoms with Gasteiger partial charge in [0, 0.05) is 11.1 Å². The normalized spacial score (nSPS) is 12.3. The zero-order valence-electron chi connectivity index (χ0n) is 13.7. The summed E-state index contributed by atoms with van der Waals surface area (Å²) >= 11 is 1.57. The fourth-order valence-corrected chi connectivity index (χ4v) is 3.00. The Morgan fingerprint density at radius 3 is 2.78 bits per heavy atom. The van der Waals surface area contributed by atoms with Gasteiger partial charge in [-0.1, -0.05) is 12.1 Å². The molecule has 1 aromatic carbocycles. The highest BCUT2D eigenvalue weighted by Gasteiger charge is 2.26. The van der Waals surface area contributed by atoms with Gasteiger partial charge < -0.3 is 10.6 Å². The second-order valence-corrected chi connectivity index (χ2v) is 7.19. The maximum atomic E-state index is 12.3. The maximum Gasteiger partial charge on any atom is 0.316 e. The lowest BCUT2D eigenvalue weighted by atomic mass is 10.1. The van der Waals surface area contributed by atoms with Crippen molar-refractivity contribution in [1.82, 2.24) is 15.6 Å². The average molecular weight is 328 g/mol. The smallest absolute Gasteiger partial charge is 0.316 e. The van der Waals surface area contributed by atoms with Gasteiger partial charge in [-0.2, -0.15) is 5.26 Å². The zero-order chi connectivity index (χ0) is 17.0. The molecule has 0 saturated carbocycles. The van der Waals surface area contributed by atoms with Gasteiger partial charge in [0.2, 0.25) is 0 Å². The topological polar surface area (TPSA) is 77.8 Å². The van der Waals surface area contributed by atoms with E-state index in [4.69, 9.17) is 5.26 Å². The number of carbonyl (C=O) groups excluding carboxylic acids is 1. The maximum absolute atomic E-state index is 12.3. The zero-order valence-corrected chi connectivity index (χ0v) is 14.5. The molecule has 1 atom stereocenters. The number of nitriles is 1. The number of aromatic nitrogens is 1. The summed E-state index contributed by atoms with van der Waals surface area (Å²) in [6, 6.07) is 8.86. The van der Waals surface area contributed by atoms with Crippen LogP contribution in [0.4, 0.5) is 4.79 Å². The first-order chi connectivity index (χ1) is 10.8. The van der Waals surface area contributed by atoms with Crippen LogP contribution in [0.3, 0.4) is 0 Å². The number of carbonyl (C=O) groups is 1. The van der Waals surface area contributed by atoms with Gasteiger partial charge in [0.1, 0.15) is 5.01 Å². The van der Waals surface area contributed by atoms with Crippen molar-refractivity contribution < 1.29 is 4.79 Å². The van der Waals surface area contributed by atoms with Crippen LogP contribution >= 0.6 is 11.3 Å². The molecule has 6 heteroatoms. The molecule has 0 aliphatic carbocycles. The van der Waals surface area contributed by atoms with Crippen LogP contribution in [0.1, 0.15) is 47.8 Å². The van der Waals surface area contributed by atoms with Crippen molar-refractivity contribution in [3.8, 4) is 6.07 Å². The number of hydrogen-bond acceptors (Lipinski definition) is 4. The van der Waals surface area contributed by atoms with Gasteiger partial charge >= 0.3 is 6.03 Å². The molecule has 0 aliphatic rings. The van der Waals surface area contributed by atoms with Crippen LogP contribution in [0.5, 0.6) is 0 Å². The minimum Gasteiger partial charge on any atom is -0.332 e. The molecule has 23 heavy (non-hydrogen) atoms. The number of nitrogens with zero attached hydrogens (tertiary/aromatic N) is 2. The Morgan fingerprint density at radius 2 is 2.17 bits per heavy atom. The standard InChI is InChI=1S/C17H20N4OS/c1-11-10-19-15(23-11)17(3,4)21-16(22)20-12(2)14-7-5-6-13(8-14)9-18/h5-8,10,12H,1-4H3,(H2,20,21,22). The first-order valence-corrected chi connectivity index (χ1v) is 8.15. The molecule has 0 spiro atoms. The van der Waals surface area contributed by atoms with Crippen LogP contribution in [0.15, 0.2) is 30.5 Å². The van der Waals surface area contributed by atoms with Crippen molar-refractivity contribution in [3.05, 3.63) is 51.5 Å². The fraction of sp³-hybridized carbons (Fsp3) is 0.353. The monoisotopic (exact) mass is 328 g/mol. The molecule has 2 N–H and O–H groups in total. The third-order valence-electron chi connectivity index (χ3n) is 3.45. The third-order valence-corrected chi connectivity index (χ3v) is 4.68. The van der Waals surface area contributed by atoms with Crippen molar-refractivity contribution in [2.45, 2.75) is 39.3 Å². The van der Waals surface area contributed by atoms with Crippen LogP contribution < -0.4 is 10.6 Å². The Labute approximate surface area is 140 Å². The number of thiazole rings is 1. The summed E-state index contributed by atoms with van der Waals surface area (Å²) in [5.41, 5.74) is 0.925. The number of aryl methyl sites for hydroxylation is 1. The summed E-state index contributed by atoms with van der Waals surface area (Å²) in [5, 5.41) is 15.7. The molecular weight excluding hydrogens is 308 g/mol. The summed E-state index contributed by atoms with van der Waals surface area (Å²) < 4.78 is 0. The highest BCUT2D eigenvalue weighted by Crippen LogP contribution is 2.24. The molecule has 120 valence electrons. The molecule has 1 heterocycles. The molecule has 0 radical (unpaired) electrons. The van der Waals surface area contributed by atoms with Crippen LogP contribution in [-0.4, -0.2) is 11.0 Å². The van der Waals surface area contributed by atoms with E-state index in [0.717, 1.165) is 15.4 Å². The lowest BCUT2D eigenvalue weighted by molar-refractivity contribution is 0.227. The summed E-state index contributed by atoms with van der Waals surface area (Å²) in [6.45, 7) is 7.72. The van der Waals surface area contributed by atoms with Crippen LogP contribution in [0, 0.1) is 18.3 Å². The molecule has 0 aliphatic heterocycles. The first kappa shape index (κ1) is 17.0. The Morgan fingerprint density at radius 1 is 1.43 bits per heavy atom. The number of benzene rings is 1. The van der Waals surface area contributed by atoms with E-state index in [1.165, 1.54) is 0 Å². The van der Waals surface area contributed by atoms with Gasteiger partial charge in [-0.15, -0.1) is 11.3 Å². The number of hydrogen-bond donors (Lipinski definition) is 2. The predicted octanol–water partition coefficient (Wildman–Crippen LogP) is 3.62. The second-order valence-electron chi connectivity index (χ2n) is 5.96. The van der Waals surface area contributed by atoms with E-state index in [9.17, 15) is 4.79 Å². The fourth-order valence-electron chi connectivity index (χ4n) is 2.17. The van der Waals surface area contributed by atoms with Gasteiger partial charge in [-0.25, -0.2) is 9.78 Å². The molecule has 2 rings (SSSR count). The second kappa shape index (κ2) is 6.80. The van der Waals surface area contributed by atoms with Crippen LogP contribution in [-0.2, 0) is 5.54 Å². The molecule has 2 aromatic rings. The molecule has 1 aromatic heterocycles. The largest absolute Gasteiger partial charge is 0.332 e. The predicted molar refractivity (Wildman–Crippen MR) is 91.1 cm³/mol. The summed E-state index contributed by atoms with van der Waals surface area (Å²) in [5.74, 6) is 0. The average Bonchev–Trinajstić information content (AvgIpc) is 2.94. The number of rotatable bonds is 4. The highest BCUT2D eigenvalue weighted by molar-refractivity contribution is 7.11. The molecule has 1 unspecified atom stereocenters. The van der Waals surface area contributed by atoms with E-state index in [2.05, 4.69) is 21.7 Å². The summed E-state index contributed by atoms with van der Waals surface area (Å²) in [4.78, 5) is 17.7. The molecule has 2 amide bonds. The SMILES string of the molecule is Cc1cnc(C(C)(C)NC(=O)NC(C)c2cccc(C#N)c2)s1. The van der Waals surface area contributed by atoms with Crippen molar-refractivity contribution in [2.75, 3.05) is 0 Å². The van der Waals surface area contributed by atoms with Gasteiger partial charge in [0.25, 0.3) is 0 Å². The molecule has 0 bridgehead atoms. The summed E-state index contributed by atoms with van der Waals surface area (Å²) in [7, 11) is 0. The summed E-state index contributed by atoms with van der Waals surface area (Å²) in [6.07, 6.45) is 1.80. The van der Waals surface area contributed by atoms with Gasteiger partial charge in [-0.3, -0.25) is 0 Å². The Balaban J connectivity index is 2.02. The third kappa shape index (κ3) is 4.30. The van der Waals surface area contributed by atoms with Crippen LogP contribution in [0.25, 0.3) is 0 Å². The lowest BCUT2D eigenvalue weighted by Gasteiger charge is -2.25. The molecule has 0 fully saturated rings. The van der Waals surface area contributed by atoms with Crippen molar-refractivity contribution in [1.29, 1.82) is 5.26 Å². The molecule has 5 nitrogen and oxygen atoms in total. The Hall–Kier alpha value is -2.39. The minimum absolute atomic E-state index is 0.197. The lowest BCUT2D eigenvalue weighted by Crippen LogP contribution is -2.47. The van der Waals surface area contributed by atoms with Gasteiger partial charge in [0.15, 0.2) is 0 Å². The number of urea groups is 1. The van der Waals surface area contributed by atoms with Gasteiger partial charge in [-0.05, 0) is 45.4 Å². The highest BCUT2D eigenvalue weighted by atomic mass is 32.1. The van der Waals surface area contributed by atoms with E-state index in [1.54, 1.807) is 29.7 Å². The van der Waals surface area contributed by atoms with Crippen molar-refractivity contribution in [3.63, 3.8) is 0 Å². The van der Waals surface area contributed by atoms with Crippen molar-refractivity contribution >= 4 is 17.4 Å². The molecule has 0 saturated heterocycles. The van der Waals surface area contributed by atoms with E-state index in [1.807, 2.05) is 39.8 Å². The van der Waals surface area contributed by atoms with Crippen molar-refractivity contribution in [2.24, 2.45) is 0 Å².